The van der Waals surface area contributed by atoms with Crippen LogP contribution in [0.5, 0.6) is 0 Å². The average molecular weight is 333 g/mol. The monoisotopic (exact) mass is 333 g/mol. The van der Waals surface area contributed by atoms with Crippen molar-refractivity contribution in [3.05, 3.63) is 12.4 Å². The van der Waals surface area contributed by atoms with Crippen molar-refractivity contribution in [2.75, 3.05) is 12.9 Å². The van der Waals surface area contributed by atoms with E-state index in [9.17, 15) is 8.42 Å². The second-order valence-electron chi connectivity index (χ2n) is 5.30. The van der Waals surface area contributed by atoms with Crippen molar-refractivity contribution in [1.82, 2.24) is 14.5 Å². The fourth-order valence-electron chi connectivity index (χ4n) is 2.62. The third-order valence-electron chi connectivity index (χ3n) is 3.78. The summed E-state index contributed by atoms with van der Waals surface area (Å²) in [6.45, 7) is 0.584. The molecule has 0 spiro atoms. The summed E-state index contributed by atoms with van der Waals surface area (Å²) < 4.78 is 29.2. The van der Waals surface area contributed by atoms with Crippen LogP contribution in [0.1, 0.15) is 32.1 Å². The van der Waals surface area contributed by atoms with E-state index in [2.05, 4.69) is 9.82 Å². The quantitative estimate of drug-likeness (QED) is 0.784. The van der Waals surface area contributed by atoms with Crippen LogP contribution in [0.15, 0.2) is 17.3 Å². The van der Waals surface area contributed by atoms with Crippen LogP contribution in [0.3, 0.4) is 0 Å². The van der Waals surface area contributed by atoms with Gasteiger partial charge in [0.15, 0.2) is 0 Å². The number of nitrogens with zero attached hydrogens (tertiary/aromatic N) is 2. The molecule has 120 valence electrons. The molecule has 2 atom stereocenters. The molecule has 1 aliphatic carbocycles. The number of aliphatic hydroxyl groups is 1. The molecule has 2 rings (SSSR count). The van der Waals surface area contributed by atoms with Crippen LogP contribution in [0.2, 0.25) is 0 Å². The minimum absolute atomic E-state index is 0.000424. The van der Waals surface area contributed by atoms with E-state index in [-0.39, 0.29) is 17.5 Å². The second-order valence-corrected chi connectivity index (χ2v) is 8.09. The van der Waals surface area contributed by atoms with Gasteiger partial charge in [0.25, 0.3) is 0 Å². The topological polar surface area (TPSA) is 84.2 Å². The van der Waals surface area contributed by atoms with Gasteiger partial charge in [-0.2, -0.15) is 16.9 Å². The maximum Gasteiger partial charge on any atom is 0.243 e. The third kappa shape index (κ3) is 4.45. The Balaban J connectivity index is 2.05. The van der Waals surface area contributed by atoms with Crippen molar-refractivity contribution in [1.29, 1.82) is 0 Å². The molecule has 0 amide bonds. The Morgan fingerprint density at radius 1 is 1.48 bits per heavy atom. The highest BCUT2D eigenvalue weighted by molar-refractivity contribution is 7.99. The van der Waals surface area contributed by atoms with Crippen LogP contribution < -0.4 is 4.72 Å². The Labute approximate surface area is 130 Å². The molecule has 0 aromatic carbocycles. The molecule has 1 heterocycles. The molecule has 8 heteroatoms. The van der Waals surface area contributed by atoms with Crippen molar-refractivity contribution < 1.29 is 13.5 Å². The zero-order valence-corrected chi connectivity index (χ0v) is 13.9. The Kier molecular flexibility index (Phi) is 6.09. The molecule has 21 heavy (non-hydrogen) atoms. The number of rotatable bonds is 7. The Morgan fingerprint density at radius 3 is 2.95 bits per heavy atom. The average Bonchev–Trinajstić information content (AvgIpc) is 2.95. The largest absolute Gasteiger partial charge is 0.396 e. The minimum atomic E-state index is -3.52. The van der Waals surface area contributed by atoms with Gasteiger partial charge in [0.2, 0.25) is 10.0 Å². The van der Waals surface area contributed by atoms with E-state index in [4.69, 9.17) is 5.11 Å². The zero-order chi connectivity index (χ0) is 15.3. The summed E-state index contributed by atoms with van der Waals surface area (Å²) in [6.07, 6.45) is 9.68. The van der Waals surface area contributed by atoms with Crippen molar-refractivity contribution >= 4 is 21.8 Å². The molecule has 0 bridgehead atoms. The van der Waals surface area contributed by atoms with E-state index in [1.807, 2.05) is 6.26 Å². The number of hydrogen-bond donors (Lipinski definition) is 2. The molecule has 2 unspecified atom stereocenters. The predicted octanol–water partition coefficient (Wildman–Crippen LogP) is 1.22. The van der Waals surface area contributed by atoms with Gasteiger partial charge in [-0.25, -0.2) is 13.1 Å². The van der Waals surface area contributed by atoms with Crippen LogP contribution in [0.25, 0.3) is 0 Å². The highest BCUT2D eigenvalue weighted by Crippen LogP contribution is 2.28. The summed E-state index contributed by atoms with van der Waals surface area (Å²) in [5.74, 6) is 0. The Hall–Kier alpha value is -0.570. The summed E-state index contributed by atoms with van der Waals surface area (Å²) in [5.41, 5.74) is 0. The van der Waals surface area contributed by atoms with Gasteiger partial charge in [0.05, 0.1) is 6.20 Å². The third-order valence-corrected chi connectivity index (χ3v) is 6.39. The van der Waals surface area contributed by atoms with Crippen molar-refractivity contribution in [3.8, 4) is 0 Å². The van der Waals surface area contributed by atoms with Gasteiger partial charge in [0, 0.05) is 30.6 Å². The normalized spacial score (nSPS) is 23.3. The maximum atomic E-state index is 12.4. The molecule has 6 nitrogen and oxygen atoms in total. The highest BCUT2D eigenvalue weighted by atomic mass is 32.2. The molecule has 1 aromatic rings. The van der Waals surface area contributed by atoms with Gasteiger partial charge < -0.3 is 5.11 Å². The van der Waals surface area contributed by atoms with E-state index in [0.29, 0.717) is 18.2 Å². The standard InChI is InChI=1S/C13H23N3O3S2/c1-20-13-6-3-2-5-12(13)15-21(18,19)11-9-14-16(10-11)7-4-8-17/h9-10,12-13,15,17H,2-8H2,1H3. The van der Waals surface area contributed by atoms with Crippen LogP contribution in [-0.4, -0.2) is 47.5 Å². The summed E-state index contributed by atoms with van der Waals surface area (Å²) >= 11 is 1.73. The summed E-state index contributed by atoms with van der Waals surface area (Å²) in [4.78, 5) is 0.200. The van der Waals surface area contributed by atoms with Gasteiger partial charge >= 0.3 is 0 Å². The fourth-order valence-corrected chi connectivity index (χ4v) is 4.90. The van der Waals surface area contributed by atoms with Gasteiger partial charge in [-0.15, -0.1) is 0 Å². The summed E-state index contributed by atoms with van der Waals surface area (Å²) in [5, 5.41) is 13.2. The molecule has 0 aliphatic heterocycles. The van der Waals surface area contributed by atoms with E-state index < -0.39 is 10.0 Å². The lowest BCUT2D eigenvalue weighted by Crippen LogP contribution is -2.43. The first-order valence-corrected chi connectivity index (χ1v) is 10.0. The SMILES string of the molecule is CSC1CCCCC1NS(=O)(=O)c1cnn(CCCO)c1. The summed E-state index contributed by atoms with van der Waals surface area (Å²) in [7, 11) is -3.52. The smallest absolute Gasteiger partial charge is 0.243 e. The van der Waals surface area contributed by atoms with Crippen LogP contribution in [-0.2, 0) is 16.6 Å². The lowest BCUT2D eigenvalue weighted by atomic mass is 9.96. The number of aromatic nitrogens is 2. The van der Waals surface area contributed by atoms with Crippen LogP contribution >= 0.6 is 11.8 Å². The van der Waals surface area contributed by atoms with Gasteiger partial charge in [-0.3, -0.25) is 4.68 Å². The number of aryl methyl sites for hydroxylation is 1. The molecule has 1 saturated carbocycles. The number of nitrogens with one attached hydrogen (secondary N) is 1. The fraction of sp³-hybridized carbons (Fsp3) is 0.769. The number of hydrogen-bond acceptors (Lipinski definition) is 5. The Bertz CT molecular complexity index is 545. The lowest BCUT2D eigenvalue weighted by Gasteiger charge is -2.30. The summed E-state index contributed by atoms with van der Waals surface area (Å²) in [6, 6.07) is -0.000424. The molecular formula is C13H23N3O3S2. The number of thioether (sulfide) groups is 1. The highest BCUT2D eigenvalue weighted by Gasteiger charge is 2.29. The van der Waals surface area contributed by atoms with Gasteiger partial charge in [0.1, 0.15) is 4.90 Å². The molecule has 0 radical (unpaired) electrons. The molecule has 1 aliphatic rings. The molecule has 1 aromatic heterocycles. The van der Waals surface area contributed by atoms with E-state index in [0.717, 1.165) is 19.3 Å². The van der Waals surface area contributed by atoms with Crippen molar-refractivity contribution in [2.24, 2.45) is 0 Å². The zero-order valence-electron chi connectivity index (χ0n) is 12.2. The molecule has 0 saturated heterocycles. The van der Waals surface area contributed by atoms with Crippen LogP contribution in [0, 0.1) is 0 Å². The van der Waals surface area contributed by atoms with Crippen molar-refractivity contribution in [3.63, 3.8) is 0 Å². The molecular weight excluding hydrogens is 310 g/mol. The van der Waals surface area contributed by atoms with Crippen molar-refractivity contribution in [2.45, 2.75) is 54.8 Å². The van der Waals surface area contributed by atoms with E-state index in [1.54, 1.807) is 16.4 Å². The first kappa shape index (κ1) is 16.8. The number of aliphatic hydroxyl groups excluding tert-OH is 1. The lowest BCUT2D eigenvalue weighted by molar-refractivity contribution is 0.277. The second kappa shape index (κ2) is 7.62. The predicted molar refractivity (Wildman–Crippen MR) is 83.8 cm³/mol. The number of sulfonamides is 1. The first-order valence-electron chi connectivity index (χ1n) is 7.25. The maximum absolute atomic E-state index is 12.4. The van der Waals surface area contributed by atoms with Gasteiger partial charge in [-0.05, 0) is 25.5 Å². The first-order chi connectivity index (χ1) is 10.1. The van der Waals surface area contributed by atoms with Crippen LogP contribution in [0.4, 0.5) is 0 Å². The Morgan fingerprint density at radius 2 is 2.24 bits per heavy atom. The minimum Gasteiger partial charge on any atom is -0.396 e. The van der Waals surface area contributed by atoms with E-state index in [1.165, 1.54) is 18.8 Å². The molecule has 2 N–H and O–H groups in total. The van der Waals surface area contributed by atoms with E-state index >= 15 is 0 Å². The van der Waals surface area contributed by atoms with Gasteiger partial charge in [-0.1, -0.05) is 12.8 Å². The molecule has 1 fully saturated rings.